The van der Waals surface area contributed by atoms with E-state index < -0.39 is 5.97 Å². The number of ether oxygens (including phenoxy) is 3. The molecule has 2 fully saturated rings. The number of fused-ring (bicyclic) bond motifs is 1. The Hall–Kier alpha value is -2.77. The third-order valence-electron chi connectivity index (χ3n) is 7.20. The molecule has 176 valence electrons. The van der Waals surface area contributed by atoms with Crippen LogP contribution in [-0.2, 0) is 20.8 Å². The molecule has 3 aliphatic heterocycles. The highest BCUT2D eigenvalue weighted by Gasteiger charge is 2.40. The van der Waals surface area contributed by atoms with Crippen molar-refractivity contribution in [2.24, 2.45) is 0 Å². The van der Waals surface area contributed by atoms with E-state index >= 15 is 0 Å². The fraction of sp³-hybridized carbons (Fsp3) is 0.500. The van der Waals surface area contributed by atoms with Crippen LogP contribution in [0.3, 0.4) is 0 Å². The normalized spacial score (nSPS) is 21.2. The van der Waals surface area contributed by atoms with Gasteiger partial charge in [-0.2, -0.15) is 0 Å². The molecule has 33 heavy (non-hydrogen) atoms. The number of carboxylic acid groups (broad SMARTS) is 1. The number of carboxylic acids is 1. The highest BCUT2D eigenvalue weighted by molar-refractivity contribution is 5.69. The number of hydrogen-bond donors (Lipinski definition) is 2. The number of aliphatic carboxylic acids is 1. The van der Waals surface area contributed by atoms with Crippen molar-refractivity contribution in [2.45, 2.75) is 51.4 Å². The summed E-state index contributed by atoms with van der Waals surface area (Å²) >= 11 is 0. The molecule has 7 heteroatoms. The summed E-state index contributed by atoms with van der Waals surface area (Å²) in [7, 11) is 0. The third kappa shape index (κ3) is 4.39. The van der Waals surface area contributed by atoms with Gasteiger partial charge in [0.05, 0.1) is 26.2 Å². The number of aryl methyl sites for hydroxylation is 1. The second-order valence-corrected chi connectivity index (χ2v) is 9.32. The lowest BCUT2D eigenvalue weighted by molar-refractivity contribution is -0.169. The van der Waals surface area contributed by atoms with Gasteiger partial charge in [-0.1, -0.05) is 18.2 Å². The summed E-state index contributed by atoms with van der Waals surface area (Å²) in [6.45, 7) is 8.78. The number of rotatable bonds is 6. The molecule has 0 aliphatic carbocycles. The van der Waals surface area contributed by atoms with E-state index in [4.69, 9.17) is 19.3 Å². The summed E-state index contributed by atoms with van der Waals surface area (Å²) in [5.74, 6) is -0.448. The van der Waals surface area contributed by atoms with Gasteiger partial charge in [0.25, 0.3) is 0 Å². The maximum absolute atomic E-state index is 11.1. The van der Waals surface area contributed by atoms with E-state index in [2.05, 4.69) is 36.2 Å². The maximum Gasteiger partial charge on any atom is 0.304 e. The number of anilines is 2. The smallest absolute Gasteiger partial charge is 0.304 e. The molecule has 0 bridgehead atoms. The molecule has 7 nitrogen and oxygen atoms in total. The van der Waals surface area contributed by atoms with E-state index in [-0.39, 0.29) is 18.1 Å². The van der Waals surface area contributed by atoms with Crippen LogP contribution in [-0.4, -0.2) is 49.8 Å². The summed E-state index contributed by atoms with van der Waals surface area (Å²) in [6, 6.07) is 10.4. The first-order valence-electron chi connectivity index (χ1n) is 11.8. The quantitative estimate of drug-likeness (QED) is 0.680. The Kier molecular flexibility index (Phi) is 5.93. The van der Waals surface area contributed by atoms with Crippen LogP contribution < -0.4 is 15.0 Å². The standard InChI is InChI=1S/C26H32N2O5/c1-17-3-4-19(18(2)25(17)28-9-7-26(8-10-28)32-11-12-33-26)15-27-21-5-6-22-20(13-24(29)30)16-31-23(22)14-21/h3-6,14,20,27H,7-13,15-16H2,1-2H3,(H,29,30)/t20-/m1/s1. The van der Waals surface area contributed by atoms with Crippen molar-refractivity contribution in [1.29, 1.82) is 0 Å². The van der Waals surface area contributed by atoms with Crippen LogP contribution >= 0.6 is 0 Å². The molecule has 0 radical (unpaired) electrons. The van der Waals surface area contributed by atoms with Gasteiger partial charge in [0.1, 0.15) is 5.75 Å². The van der Waals surface area contributed by atoms with Crippen LogP contribution in [0.5, 0.6) is 5.75 Å². The highest BCUT2D eigenvalue weighted by Crippen LogP contribution is 2.39. The van der Waals surface area contributed by atoms with Crippen molar-refractivity contribution in [3.05, 3.63) is 52.6 Å². The van der Waals surface area contributed by atoms with Crippen molar-refractivity contribution in [1.82, 2.24) is 0 Å². The Labute approximate surface area is 194 Å². The lowest BCUT2D eigenvalue weighted by Crippen LogP contribution is -2.45. The Morgan fingerprint density at radius 3 is 2.64 bits per heavy atom. The minimum Gasteiger partial charge on any atom is -0.493 e. The number of piperidine rings is 1. The summed E-state index contributed by atoms with van der Waals surface area (Å²) in [4.78, 5) is 13.5. The second kappa shape index (κ2) is 8.88. The zero-order valence-electron chi connectivity index (χ0n) is 19.4. The zero-order valence-corrected chi connectivity index (χ0v) is 19.4. The van der Waals surface area contributed by atoms with Crippen molar-refractivity contribution >= 4 is 17.3 Å². The van der Waals surface area contributed by atoms with E-state index in [9.17, 15) is 4.79 Å². The minimum atomic E-state index is -0.795. The third-order valence-corrected chi connectivity index (χ3v) is 7.20. The summed E-state index contributed by atoms with van der Waals surface area (Å²) in [5.41, 5.74) is 7.11. The van der Waals surface area contributed by atoms with Crippen LogP contribution in [0.2, 0.25) is 0 Å². The van der Waals surface area contributed by atoms with Gasteiger partial charge in [-0.15, -0.1) is 0 Å². The summed E-state index contributed by atoms with van der Waals surface area (Å²) < 4.78 is 17.5. The van der Waals surface area contributed by atoms with Gasteiger partial charge in [0, 0.05) is 61.4 Å². The average molecular weight is 453 g/mol. The second-order valence-electron chi connectivity index (χ2n) is 9.32. The molecule has 5 rings (SSSR count). The molecule has 0 unspecified atom stereocenters. The summed E-state index contributed by atoms with van der Waals surface area (Å²) in [6.07, 6.45) is 1.89. The van der Waals surface area contributed by atoms with Crippen LogP contribution in [0.1, 0.15) is 47.4 Å². The molecule has 0 aromatic heterocycles. The largest absolute Gasteiger partial charge is 0.493 e. The van der Waals surface area contributed by atoms with Gasteiger partial charge in [-0.25, -0.2) is 0 Å². The van der Waals surface area contributed by atoms with Crippen molar-refractivity contribution in [3.63, 3.8) is 0 Å². The SMILES string of the molecule is Cc1ccc(CNc2ccc3c(c2)OC[C@H]3CC(=O)O)c(C)c1N1CCC2(CC1)OCCO2. The summed E-state index contributed by atoms with van der Waals surface area (Å²) in [5, 5.41) is 12.6. The first-order valence-corrected chi connectivity index (χ1v) is 11.8. The molecule has 2 N–H and O–H groups in total. The molecular weight excluding hydrogens is 420 g/mol. The van der Waals surface area contributed by atoms with Gasteiger partial charge >= 0.3 is 5.97 Å². The fourth-order valence-electron chi connectivity index (χ4n) is 5.38. The van der Waals surface area contributed by atoms with Crippen LogP contribution in [0, 0.1) is 13.8 Å². The minimum absolute atomic E-state index is 0.0721. The molecule has 2 aromatic carbocycles. The topological polar surface area (TPSA) is 80.3 Å². The van der Waals surface area contributed by atoms with Gasteiger partial charge in [-0.05, 0) is 36.6 Å². The van der Waals surface area contributed by atoms with Crippen LogP contribution in [0.4, 0.5) is 11.4 Å². The van der Waals surface area contributed by atoms with Crippen molar-refractivity contribution < 1.29 is 24.1 Å². The number of benzene rings is 2. The Balaban J connectivity index is 1.27. The lowest BCUT2D eigenvalue weighted by atomic mass is 9.97. The number of hydrogen-bond acceptors (Lipinski definition) is 6. The highest BCUT2D eigenvalue weighted by atomic mass is 16.7. The van der Waals surface area contributed by atoms with E-state index in [0.29, 0.717) is 26.4 Å². The van der Waals surface area contributed by atoms with Gasteiger partial charge in [-0.3, -0.25) is 4.79 Å². The first kappa shape index (κ1) is 22.0. The first-order chi connectivity index (χ1) is 15.9. The lowest BCUT2D eigenvalue weighted by Gasteiger charge is -2.40. The Bertz CT molecular complexity index is 1040. The van der Waals surface area contributed by atoms with Crippen molar-refractivity contribution in [2.75, 3.05) is 43.1 Å². The molecule has 2 saturated heterocycles. The predicted molar refractivity (Wildman–Crippen MR) is 126 cm³/mol. The van der Waals surface area contributed by atoms with E-state index in [1.165, 1.54) is 22.4 Å². The number of carbonyl (C=O) groups is 1. The number of nitrogens with zero attached hydrogens (tertiary/aromatic N) is 1. The molecule has 0 amide bonds. The molecule has 3 heterocycles. The molecule has 2 aromatic rings. The fourth-order valence-corrected chi connectivity index (χ4v) is 5.38. The molecule has 3 aliphatic rings. The zero-order chi connectivity index (χ0) is 23.0. The molecule has 0 saturated carbocycles. The maximum atomic E-state index is 11.1. The van der Waals surface area contributed by atoms with Gasteiger partial charge in [0.15, 0.2) is 5.79 Å². The molecule has 1 spiro atoms. The van der Waals surface area contributed by atoms with Crippen LogP contribution in [0.15, 0.2) is 30.3 Å². The Morgan fingerprint density at radius 1 is 1.15 bits per heavy atom. The van der Waals surface area contributed by atoms with E-state index in [1.807, 2.05) is 18.2 Å². The van der Waals surface area contributed by atoms with E-state index in [1.54, 1.807) is 0 Å². The van der Waals surface area contributed by atoms with Gasteiger partial charge in [0.2, 0.25) is 0 Å². The average Bonchev–Trinajstić information content (AvgIpc) is 3.41. The number of nitrogens with one attached hydrogen (secondary N) is 1. The predicted octanol–water partition coefficient (Wildman–Crippen LogP) is 4.21. The Morgan fingerprint density at radius 2 is 1.91 bits per heavy atom. The molecular formula is C26H32N2O5. The van der Waals surface area contributed by atoms with E-state index in [0.717, 1.165) is 42.9 Å². The van der Waals surface area contributed by atoms with Crippen molar-refractivity contribution in [3.8, 4) is 5.75 Å². The molecule has 1 atom stereocenters. The monoisotopic (exact) mass is 452 g/mol. The van der Waals surface area contributed by atoms with Crippen LogP contribution in [0.25, 0.3) is 0 Å². The van der Waals surface area contributed by atoms with Gasteiger partial charge < -0.3 is 29.5 Å².